The predicted octanol–water partition coefficient (Wildman–Crippen LogP) is 0.233. The van der Waals surface area contributed by atoms with Crippen molar-refractivity contribution in [3.05, 3.63) is 0 Å². The van der Waals surface area contributed by atoms with Gasteiger partial charge in [-0.3, -0.25) is 0 Å². The molecular weight excluding hydrogens is 92.1 g/mol. The zero-order chi connectivity index (χ0) is 3.41. The topological polar surface area (TPSA) is 20.2 Å². The van der Waals surface area contributed by atoms with Gasteiger partial charge in [0.15, 0.2) is 0 Å². The summed E-state index contributed by atoms with van der Waals surface area (Å²) in [5.41, 5.74) is 0. The van der Waals surface area contributed by atoms with Crippen molar-refractivity contribution in [3.63, 3.8) is 0 Å². The van der Waals surface area contributed by atoms with Gasteiger partial charge in [-0.25, -0.2) is 0 Å². The van der Waals surface area contributed by atoms with E-state index in [2.05, 4.69) is 0 Å². The summed E-state index contributed by atoms with van der Waals surface area (Å²) < 4.78 is 0. The summed E-state index contributed by atoms with van der Waals surface area (Å²) in [6.45, 7) is 2.25. The van der Waals surface area contributed by atoms with Crippen molar-refractivity contribution in [2.24, 2.45) is 0 Å². The number of aliphatic hydroxyl groups excluding tert-OH is 1. The third-order valence-electron chi connectivity index (χ3n) is 0.224. The first kappa shape index (κ1) is 9.52. The van der Waals surface area contributed by atoms with Gasteiger partial charge in [-0.2, -0.15) is 0 Å². The molecule has 0 atom stereocenters. The molecule has 0 aliphatic carbocycles. The molecule has 0 spiro atoms. The van der Waals surface area contributed by atoms with Crippen LogP contribution in [0.3, 0.4) is 0 Å². The van der Waals surface area contributed by atoms with E-state index in [4.69, 9.17) is 5.11 Å². The summed E-state index contributed by atoms with van der Waals surface area (Å²) in [5, 5.41) is 7.88. The van der Waals surface area contributed by atoms with Crippen LogP contribution in [-0.4, -0.2) is 49.5 Å². The Kier molecular flexibility index (Phi) is 17.1. The van der Waals surface area contributed by atoms with Crippen molar-refractivity contribution >= 4 is 37.7 Å². The molecule has 5 heavy (non-hydrogen) atoms. The number of rotatable bonds is 1. The van der Waals surface area contributed by atoms with Gasteiger partial charge in [0, 0.05) is 6.61 Å². The summed E-state index contributed by atoms with van der Waals surface area (Å²) in [5.74, 6) is 0. The van der Waals surface area contributed by atoms with E-state index in [0.29, 0.717) is 6.61 Å². The quantitative estimate of drug-likeness (QED) is 0.470. The van der Waals surface area contributed by atoms with Crippen molar-refractivity contribution in [1.82, 2.24) is 0 Å². The molecule has 0 bridgehead atoms. The largest absolute Gasteiger partial charge is 2.00 e. The van der Waals surface area contributed by atoms with E-state index in [0.717, 1.165) is 6.42 Å². The van der Waals surface area contributed by atoms with E-state index in [1.54, 1.807) is 0 Å². The molecule has 0 radical (unpaired) electrons. The van der Waals surface area contributed by atoms with Crippen LogP contribution in [0.25, 0.3) is 0 Å². The van der Waals surface area contributed by atoms with Crippen molar-refractivity contribution in [3.8, 4) is 0 Å². The summed E-state index contributed by atoms with van der Waals surface area (Å²) >= 11 is 0. The monoisotopic (exact) mass is 102 g/mol. The standard InChI is InChI=1S/C3H8O.Ca.2H/c1-2-3-4;;;/h4H,2-3H2,1H3;;;/q;+2;2*-1. The van der Waals surface area contributed by atoms with Crippen LogP contribution in [0.4, 0.5) is 0 Å². The van der Waals surface area contributed by atoms with Gasteiger partial charge >= 0.3 is 37.7 Å². The molecule has 0 amide bonds. The maximum absolute atomic E-state index is 7.88. The van der Waals surface area contributed by atoms with Crippen LogP contribution in [0.1, 0.15) is 16.2 Å². The van der Waals surface area contributed by atoms with Gasteiger partial charge in [-0.05, 0) is 6.42 Å². The first-order valence-corrected chi connectivity index (χ1v) is 1.52. The van der Waals surface area contributed by atoms with E-state index in [-0.39, 0.29) is 40.6 Å². The van der Waals surface area contributed by atoms with Gasteiger partial charge in [0.25, 0.3) is 0 Å². The fraction of sp³-hybridized carbons (Fsp3) is 1.00. The summed E-state index contributed by atoms with van der Waals surface area (Å²) in [7, 11) is 0. The Labute approximate surface area is 65.3 Å². The van der Waals surface area contributed by atoms with Crippen molar-refractivity contribution in [1.29, 1.82) is 0 Å². The zero-order valence-corrected chi connectivity index (χ0v) is 5.78. The molecule has 0 rings (SSSR count). The SMILES string of the molecule is CCCO.[Ca+2].[H-].[H-]. The molecule has 2 heteroatoms. The van der Waals surface area contributed by atoms with Gasteiger partial charge in [0.1, 0.15) is 0 Å². The van der Waals surface area contributed by atoms with E-state index in [9.17, 15) is 0 Å². The maximum atomic E-state index is 7.88. The van der Waals surface area contributed by atoms with Crippen LogP contribution in [0.15, 0.2) is 0 Å². The normalized spacial score (nSPS) is 6.00. The van der Waals surface area contributed by atoms with Crippen LogP contribution in [0.2, 0.25) is 0 Å². The van der Waals surface area contributed by atoms with Crippen LogP contribution < -0.4 is 0 Å². The third kappa shape index (κ3) is 11.0. The molecule has 0 aliphatic rings. The van der Waals surface area contributed by atoms with E-state index in [1.807, 2.05) is 6.92 Å². The minimum Gasteiger partial charge on any atom is -1.00 e. The summed E-state index contributed by atoms with van der Waals surface area (Å²) in [6.07, 6.45) is 0.875. The Balaban J connectivity index is -0.0000000150. The summed E-state index contributed by atoms with van der Waals surface area (Å²) in [6, 6.07) is 0. The second-order valence-electron chi connectivity index (χ2n) is 0.724. The van der Waals surface area contributed by atoms with Gasteiger partial charge in [-0.15, -0.1) is 0 Å². The molecule has 0 aromatic heterocycles. The third-order valence-corrected chi connectivity index (χ3v) is 0.224. The molecule has 0 heterocycles. The molecular formula is C3H10CaO. The predicted molar refractivity (Wildman–Crippen MR) is 25.4 cm³/mol. The zero-order valence-electron chi connectivity index (χ0n) is 5.57. The first-order valence-electron chi connectivity index (χ1n) is 1.52. The van der Waals surface area contributed by atoms with Crippen molar-refractivity contribution < 1.29 is 7.96 Å². The molecule has 0 aromatic carbocycles. The molecule has 0 fully saturated rings. The molecule has 1 nitrogen and oxygen atoms in total. The minimum atomic E-state index is 0. The van der Waals surface area contributed by atoms with E-state index < -0.39 is 0 Å². The minimum absolute atomic E-state index is 0. The van der Waals surface area contributed by atoms with E-state index in [1.165, 1.54) is 0 Å². The molecule has 1 N–H and O–H groups in total. The average Bonchev–Trinajstić information content (AvgIpc) is 1.37. The fourth-order valence-corrected chi connectivity index (χ4v) is 0. The molecule has 0 saturated heterocycles. The Bertz CT molecular complexity index is 14.9. The summed E-state index contributed by atoms with van der Waals surface area (Å²) in [4.78, 5) is 0. The Hall–Kier alpha value is 1.22. The maximum Gasteiger partial charge on any atom is 2.00 e. The van der Waals surface area contributed by atoms with Gasteiger partial charge in [0.05, 0.1) is 0 Å². The molecule has 30 valence electrons. The van der Waals surface area contributed by atoms with Gasteiger partial charge in [0.2, 0.25) is 0 Å². The molecule has 0 saturated carbocycles. The molecule has 0 unspecified atom stereocenters. The number of hydrogen-bond acceptors (Lipinski definition) is 1. The van der Waals surface area contributed by atoms with Crippen LogP contribution in [-0.2, 0) is 0 Å². The second-order valence-corrected chi connectivity index (χ2v) is 0.724. The molecule has 0 aromatic rings. The number of aliphatic hydroxyl groups is 1. The van der Waals surface area contributed by atoms with Crippen molar-refractivity contribution in [2.45, 2.75) is 13.3 Å². The fourth-order valence-electron chi connectivity index (χ4n) is 0. The first-order chi connectivity index (χ1) is 1.91. The van der Waals surface area contributed by atoms with Crippen molar-refractivity contribution in [2.75, 3.05) is 6.61 Å². The second kappa shape index (κ2) is 8.97. The van der Waals surface area contributed by atoms with Crippen LogP contribution in [0, 0.1) is 0 Å². The Morgan fingerprint density at radius 3 is 2.00 bits per heavy atom. The van der Waals surface area contributed by atoms with Gasteiger partial charge < -0.3 is 7.96 Å². The van der Waals surface area contributed by atoms with Gasteiger partial charge in [-0.1, -0.05) is 6.92 Å². The average molecular weight is 102 g/mol. The number of hydrogen-bond donors (Lipinski definition) is 1. The Morgan fingerprint density at radius 1 is 1.80 bits per heavy atom. The van der Waals surface area contributed by atoms with Crippen LogP contribution >= 0.6 is 0 Å². The smallest absolute Gasteiger partial charge is 1.00 e. The Morgan fingerprint density at radius 2 is 2.00 bits per heavy atom. The van der Waals surface area contributed by atoms with E-state index >= 15 is 0 Å². The molecule has 0 aliphatic heterocycles. The van der Waals surface area contributed by atoms with Crippen LogP contribution in [0.5, 0.6) is 0 Å².